The number of nitrogens with one attached hydrogen (secondary N) is 2. The van der Waals surface area contributed by atoms with Crippen LogP contribution in [0.3, 0.4) is 0 Å². The smallest absolute Gasteiger partial charge is 0.191 e. The van der Waals surface area contributed by atoms with Crippen LogP contribution in [0.1, 0.15) is 31.4 Å². The van der Waals surface area contributed by atoms with Crippen LogP contribution in [0.2, 0.25) is 0 Å². The largest absolute Gasteiger partial charge is 0.493 e. The Morgan fingerprint density at radius 3 is 2.89 bits per heavy atom. The molecule has 27 heavy (non-hydrogen) atoms. The summed E-state index contributed by atoms with van der Waals surface area (Å²) in [5.74, 6) is 2.74. The van der Waals surface area contributed by atoms with Gasteiger partial charge in [0, 0.05) is 44.8 Å². The van der Waals surface area contributed by atoms with Crippen LogP contribution in [0.25, 0.3) is 0 Å². The molecule has 1 aliphatic rings. The van der Waals surface area contributed by atoms with E-state index >= 15 is 0 Å². The van der Waals surface area contributed by atoms with E-state index in [0.717, 1.165) is 50.1 Å². The van der Waals surface area contributed by atoms with Gasteiger partial charge in [-0.2, -0.15) is 0 Å². The minimum atomic E-state index is 0.492. The molecule has 1 aliphatic heterocycles. The minimum absolute atomic E-state index is 0.492. The fourth-order valence-corrected chi connectivity index (χ4v) is 2.82. The number of rotatable bonds is 10. The molecule has 2 rings (SSSR count). The van der Waals surface area contributed by atoms with E-state index < -0.39 is 0 Å². The molecule has 2 N–H and O–H groups in total. The van der Waals surface area contributed by atoms with Gasteiger partial charge in [0.2, 0.25) is 0 Å². The van der Waals surface area contributed by atoms with Gasteiger partial charge in [-0.15, -0.1) is 0 Å². The normalized spacial score (nSPS) is 17.4. The Balaban J connectivity index is 1.80. The maximum absolute atomic E-state index is 6.10. The van der Waals surface area contributed by atoms with Crippen LogP contribution in [0.15, 0.2) is 23.2 Å². The first kappa shape index (κ1) is 21.5. The zero-order valence-electron chi connectivity index (χ0n) is 17.2. The van der Waals surface area contributed by atoms with E-state index in [1.165, 1.54) is 5.56 Å². The average Bonchev–Trinajstić information content (AvgIpc) is 3.16. The second kappa shape index (κ2) is 11.8. The molecule has 0 bridgehead atoms. The van der Waals surface area contributed by atoms with Crippen LogP contribution in [0.5, 0.6) is 5.75 Å². The lowest BCUT2D eigenvalue weighted by molar-refractivity contribution is 0.114. The zero-order chi connectivity index (χ0) is 19.5. The lowest BCUT2D eigenvalue weighted by atomic mass is 10.1. The first-order chi connectivity index (χ1) is 13.1. The van der Waals surface area contributed by atoms with Crippen molar-refractivity contribution in [3.8, 4) is 5.75 Å². The van der Waals surface area contributed by atoms with Gasteiger partial charge in [0.05, 0.1) is 19.8 Å². The number of guanidine groups is 1. The SMILES string of the molecule is CN=C(NCCOCC(C)C)NCc1ccc(C)cc1OCC1CCOC1. The van der Waals surface area contributed by atoms with E-state index in [1.807, 2.05) is 0 Å². The number of nitrogens with zero attached hydrogens (tertiary/aromatic N) is 1. The van der Waals surface area contributed by atoms with Crippen LogP contribution >= 0.6 is 0 Å². The van der Waals surface area contributed by atoms with Gasteiger partial charge in [0.15, 0.2) is 5.96 Å². The van der Waals surface area contributed by atoms with E-state index in [4.69, 9.17) is 14.2 Å². The van der Waals surface area contributed by atoms with Crippen molar-refractivity contribution in [3.63, 3.8) is 0 Å². The number of hydrogen-bond donors (Lipinski definition) is 2. The number of hydrogen-bond acceptors (Lipinski definition) is 4. The van der Waals surface area contributed by atoms with Crippen LogP contribution in [0.4, 0.5) is 0 Å². The molecule has 1 fully saturated rings. The molecule has 1 saturated heterocycles. The maximum Gasteiger partial charge on any atom is 0.191 e. The third kappa shape index (κ3) is 8.18. The Bertz CT molecular complexity index is 584. The van der Waals surface area contributed by atoms with E-state index in [9.17, 15) is 0 Å². The molecule has 0 aliphatic carbocycles. The molecule has 1 unspecified atom stereocenters. The van der Waals surface area contributed by atoms with E-state index in [0.29, 0.717) is 31.6 Å². The van der Waals surface area contributed by atoms with E-state index in [1.54, 1.807) is 7.05 Å². The van der Waals surface area contributed by atoms with Crippen molar-refractivity contribution in [2.75, 3.05) is 46.6 Å². The summed E-state index contributed by atoms with van der Waals surface area (Å²) in [5.41, 5.74) is 2.32. The van der Waals surface area contributed by atoms with Gasteiger partial charge in [-0.3, -0.25) is 4.99 Å². The molecule has 1 aromatic carbocycles. The van der Waals surface area contributed by atoms with Gasteiger partial charge in [0.1, 0.15) is 5.75 Å². The quantitative estimate of drug-likeness (QED) is 0.373. The topological polar surface area (TPSA) is 64.1 Å². The summed E-state index contributed by atoms with van der Waals surface area (Å²) in [5, 5.41) is 6.63. The van der Waals surface area contributed by atoms with Gasteiger partial charge in [-0.05, 0) is 30.9 Å². The summed E-state index contributed by atoms with van der Waals surface area (Å²) in [4.78, 5) is 4.27. The standard InChI is InChI=1S/C21H35N3O3/c1-16(2)13-26-10-8-23-21(22-4)24-12-19-6-5-17(3)11-20(19)27-15-18-7-9-25-14-18/h5-6,11,16,18H,7-10,12-15H2,1-4H3,(H2,22,23,24). The molecule has 0 amide bonds. The van der Waals surface area contributed by atoms with Gasteiger partial charge in [0.25, 0.3) is 0 Å². The van der Waals surface area contributed by atoms with Crippen molar-refractivity contribution in [2.24, 2.45) is 16.8 Å². The van der Waals surface area contributed by atoms with Crippen molar-refractivity contribution >= 4 is 5.96 Å². The first-order valence-corrected chi connectivity index (χ1v) is 9.90. The third-order valence-corrected chi connectivity index (χ3v) is 4.38. The van der Waals surface area contributed by atoms with Crippen molar-refractivity contribution in [1.82, 2.24) is 10.6 Å². The van der Waals surface area contributed by atoms with Gasteiger partial charge < -0.3 is 24.8 Å². The third-order valence-electron chi connectivity index (χ3n) is 4.38. The Morgan fingerprint density at radius 1 is 1.33 bits per heavy atom. The zero-order valence-corrected chi connectivity index (χ0v) is 17.2. The highest BCUT2D eigenvalue weighted by atomic mass is 16.5. The highest BCUT2D eigenvalue weighted by molar-refractivity contribution is 5.79. The fraction of sp³-hybridized carbons (Fsp3) is 0.667. The predicted molar refractivity (Wildman–Crippen MR) is 109 cm³/mol. The number of aliphatic imine (C=N–C) groups is 1. The van der Waals surface area contributed by atoms with Crippen LogP contribution < -0.4 is 15.4 Å². The molecule has 1 aromatic rings. The lowest BCUT2D eigenvalue weighted by Crippen LogP contribution is -2.38. The number of ether oxygens (including phenoxy) is 3. The second-order valence-electron chi connectivity index (χ2n) is 7.47. The molecular weight excluding hydrogens is 342 g/mol. The van der Waals surface area contributed by atoms with Gasteiger partial charge >= 0.3 is 0 Å². The minimum Gasteiger partial charge on any atom is -0.493 e. The molecule has 1 atom stereocenters. The van der Waals surface area contributed by atoms with Crippen LogP contribution in [-0.4, -0.2) is 52.6 Å². The molecular formula is C21H35N3O3. The monoisotopic (exact) mass is 377 g/mol. The van der Waals surface area contributed by atoms with E-state index in [-0.39, 0.29) is 0 Å². The Morgan fingerprint density at radius 2 is 2.19 bits per heavy atom. The summed E-state index contributed by atoms with van der Waals surface area (Å²) >= 11 is 0. The molecule has 1 heterocycles. The van der Waals surface area contributed by atoms with Gasteiger partial charge in [-0.25, -0.2) is 0 Å². The molecule has 0 aromatic heterocycles. The summed E-state index contributed by atoms with van der Waals surface area (Å²) < 4.78 is 17.1. The maximum atomic E-state index is 6.10. The Kier molecular flexibility index (Phi) is 9.42. The van der Waals surface area contributed by atoms with E-state index in [2.05, 4.69) is 54.6 Å². The molecule has 0 saturated carbocycles. The summed E-state index contributed by atoms with van der Waals surface area (Å²) in [6, 6.07) is 6.32. The second-order valence-corrected chi connectivity index (χ2v) is 7.47. The Labute approximate surface area is 163 Å². The van der Waals surface area contributed by atoms with Crippen LogP contribution in [-0.2, 0) is 16.0 Å². The number of benzene rings is 1. The van der Waals surface area contributed by atoms with Crippen molar-refractivity contribution in [2.45, 2.75) is 33.7 Å². The molecule has 152 valence electrons. The summed E-state index contributed by atoms with van der Waals surface area (Å²) in [6.45, 7) is 11.6. The van der Waals surface area contributed by atoms with Crippen LogP contribution in [0, 0.1) is 18.8 Å². The first-order valence-electron chi connectivity index (χ1n) is 9.90. The predicted octanol–water partition coefficient (Wildman–Crippen LogP) is 2.75. The Hall–Kier alpha value is -1.79. The lowest BCUT2D eigenvalue weighted by Gasteiger charge is -2.17. The molecule has 6 nitrogen and oxygen atoms in total. The van der Waals surface area contributed by atoms with Crippen molar-refractivity contribution in [1.29, 1.82) is 0 Å². The van der Waals surface area contributed by atoms with Crippen molar-refractivity contribution < 1.29 is 14.2 Å². The number of aryl methyl sites for hydroxylation is 1. The summed E-state index contributed by atoms with van der Waals surface area (Å²) in [7, 11) is 1.77. The average molecular weight is 378 g/mol. The molecule has 0 spiro atoms. The molecule has 6 heteroatoms. The molecule has 0 radical (unpaired) electrons. The van der Waals surface area contributed by atoms with Crippen molar-refractivity contribution in [3.05, 3.63) is 29.3 Å². The fourth-order valence-electron chi connectivity index (χ4n) is 2.82. The highest BCUT2D eigenvalue weighted by Gasteiger charge is 2.17. The highest BCUT2D eigenvalue weighted by Crippen LogP contribution is 2.22. The van der Waals surface area contributed by atoms with Gasteiger partial charge in [-0.1, -0.05) is 26.0 Å². The summed E-state index contributed by atoms with van der Waals surface area (Å²) in [6.07, 6.45) is 1.08.